The maximum Gasteiger partial charge on any atom is 0.242 e. The number of hydrogen-bond acceptors (Lipinski definition) is 6. The Morgan fingerprint density at radius 3 is 2.74 bits per heavy atom. The Labute approximate surface area is 204 Å². The molecule has 0 bridgehead atoms. The molecule has 34 heavy (non-hydrogen) atoms. The molecule has 0 spiro atoms. The second kappa shape index (κ2) is 10.4. The summed E-state index contributed by atoms with van der Waals surface area (Å²) >= 11 is 1.73. The van der Waals surface area contributed by atoms with E-state index in [9.17, 15) is 9.59 Å². The highest BCUT2D eigenvalue weighted by atomic mass is 32.1. The van der Waals surface area contributed by atoms with Crippen molar-refractivity contribution in [3.63, 3.8) is 0 Å². The lowest BCUT2D eigenvalue weighted by Gasteiger charge is -2.37. The number of fused-ring (bicyclic) bond motifs is 1. The lowest BCUT2D eigenvalue weighted by molar-refractivity contribution is -0.144. The summed E-state index contributed by atoms with van der Waals surface area (Å²) in [5.41, 5.74) is 1.14. The Morgan fingerprint density at radius 1 is 1.18 bits per heavy atom. The molecule has 2 fully saturated rings. The van der Waals surface area contributed by atoms with Gasteiger partial charge in [0.15, 0.2) is 11.5 Å². The Kier molecular flexibility index (Phi) is 7.06. The number of amides is 2. The van der Waals surface area contributed by atoms with Crippen molar-refractivity contribution in [3.05, 3.63) is 46.2 Å². The zero-order chi connectivity index (χ0) is 23.5. The van der Waals surface area contributed by atoms with Crippen LogP contribution in [0, 0.1) is 5.92 Å². The van der Waals surface area contributed by atoms with Gasteiger partial charge in [0.05, 0.1) is 25.8 Å². The zero-order valence-electron chi connectivity index (χ0n) is 19.6. The number of hydrogen-bond donors (Lipinski definition) is 0. The van der Waals surface area contributed by atoms with Gasteiger partial charge in [-0.15, -0.1) is 11.3 Å². The lowest BCUT2D eigenvalue weighted by Crippen LogP contribution is -2.49. The fourth-order valence-corrected chi connectivity index (χ4v) is 5.82. The fraction of sp³-hybridized carbons (Fsp3) is 0.538. The molecule has 1 aromatic carbocycles. The third kappa shape index (κ3) is 5.08. The molecule has 2 amide bonds. The van der Waals surface area contributed by atoms with Crippen LogP contribution >= 0.6 is 11.3 Å². The van der Waals surface area contributed by atoms with Gasteiger partial charge in [-0.25, -0.2) is 0 Å². The number of carbonyl (C=O) groups excluding carboxylic acids is 2. The van der Waals surface area contributed by atoms with Crippen LogP contribution in [-0.4, -0.2) is 67.7 Å². The fourth-order valence-electron chi connectivity index (χ4n) is 4.89. The molecule has 1 aliphatic carbocycles. The summed E-state index contributed by atoms with van der Waals surface area (Å²) in [6.45, 7) is 2.29. The van der Waals surface area contributed by atoms with Crippen molar-refractivity contribution in [2.45, 2.75) is 44.2 Å². The molecular weight excluding hydrogens is 452 g/mol. The summed E-state index contributed by atoms with van der Waals surface area (Å²) in [6, 6.07) is 9.44. The van der Waals surface area contributed by atoms with Gasteiger partial charge < -0.3 is 24.0 Å². The first-order valence-electron chi connectivity index (χ1n) is 12.2. The third-order valence-corrected chi connectivity index (χ3v) is 7.89. The Bertz CT molecular complexity index is 1010. The van der Waals surface area contributed by atoms with Crippen LogP contribution in [0.5, 0.6) is 11.5 Å². The minimum atomic E-state index is -0.201. The van der Waals surface area contributed by atoms with E-state index < -0.39 is 0 Å². The van der Waals surface area contributed by atoms with E-state index in [2.05, 4.69) is 11.4 Å². The second-order valence-electron chi connectivity index (χ2n) is 9.24. The largest absolute Gasteiger partial charge is 0.493 e. The second-order valence-corrected chi connectivity index (χ2v) is 10.2. The van der Waals surface area contributed by atoms with Gasteiger partial charge >= 0.3 is 0 Å². The van der Waals surface area contributed by atoms with Gasteiger partial charge in [-0.1, -0.05) is 12.1 Å². The van der Waals surface area contributed by atoms with Crippen LogP contribution in [0.15, 0.2) is 35.7 Å². The number of ether oxygens (including phenoxy) is 3. The van der Waals surface area contributed by atoms with Crippen LogP contribution in [0.1, 0.15) is 42.2 Å². The molecule has 2 aromatic rings. The number of carbonyl (C=O) groups is 2. The Balaban J connectivity index is 1.32. The topological polar surface area (TPSA) is 68.3 Å². The SMILES string of the molecule is COc1ccccc1OCC1c2ccsc2CCN1C(=O)CN(CC1CCCO1)C(=O)C1CC1. The molecule has 7 nitrogen and oxygen atoms in total. The number of methoxy groups -OCH3 is 1. The van der Waals surface area contributed by atoms with Crippen LogP contribution in [0.3, 0.4) is 0 Å². The van der Waals surface area contributed by atoms with Gasteiger partial charge in [0.2, 0.25) is 11.8 Å². The number of thiophene rings is 1. The Hall–Kier alpha value is -2.58. The highest BCUT2D eigenvalue weighted by Gasteiger charge is 2.38. The van der Waals surface area contributed by atoms with Crippen molar-refractivity contribution < 1.29 is 23.8 Å². The first kappa shape index (κ1) is 23.2. The molecule has 2 aliphatic heterocycles. The average molecular weight is 485 g/mol. The van der Waals surface area contributed by atoms with Gasteiger partial charge in [0, 0.05) is 30.5 Å². The summed E-state index contributed by atoms with van der Waals surface area (Å²) in [6.07, 6.45) is 4.66. The summed E-state index contributed by atoms with van der Waals surface area (Å²) in [7, 11) is 1.62. The van der Waals surface area contributed by atoms with Gasteiger partial charge in [-0.2, -0.15) is 0 Å². The molecule has 5 rings (SSSR count). The first-order chi connectivity index (χ1) is 16.6. The van der Waals surface area contributed by atoms with E-state index in [0.717, 1.165) is 44.3 Å². The van der Waals surface area contributed by atoms with Gasteiger partial charge in [0.1, 0.15) is 6.61 Å². The molecule has 8 heteroatoms. The maximum atomic E-state index is 13.6. The number of nitrogens with zero attached hydrogens (tertiary/aromatic N) is 2. The van der Waals surface area contributed by atoms with Crippen molar-refractivity contribution in [2.24, 2.45) is 5.92 Å². The van der Waals surface area contributed by atoms with E-state index in [1.807, 2.05) is 29.2 Å². The molecule has 0 N–H and O–H groups in total. The van der Waals surface area contributed by atoms with Crippen LogP contribution in [0.4, 0.5) is 0 Å². The van der Waals surface area contributed by atoms with Gasteiger partial charge in [-0.3, -0.25) is 9.59 Å². The summed E-state index contributed by atoms with van der Waals surface area (Å²) in [5.74, 6) is 1.46. The maximum absolute atomic E-state index is 13.6. The van der Waals surface area contributed by atoms with Crippen LogP contribution in [0.2, 0.25) is 0 Å². The van der Waals surface area contributed by atoms with Crippen molar-refractivity contribution in [2.75, 3.05) is 40.0 Å². The van der Waals surface area contributed by atoms with E-state index in [1.54, 1.807) is 23.3 Å². The van der Waals surface area contributed by atoms with E-state index in [0.29, 0.717) is 31.2 Å². The normalized spacial score (nSPS) is 21.7. The van der Waals surface area contributed by atoms with E-state index >= 15 is 0 Å². The molecule has 2 unspecified atom stereocenters. The summed E-state index contributed by atoms with van der Waals surface area (Å²) in [5, 5.41) is 2.08. The molecule has 1 saturated heterocycles. The Morgan fingerprint density at radius 2 is 2.00 bits per heavy atom. The summed E-state index contributed by atoms with van der Waals surface area (Å²) < 4.78 is 17.4. The van der Waals surface area contributed by atoms with Gasteiger partial charge in [0.25, 0.3) is 0 Å². The highest BCUT2D eigenvalue weighted by Crippen LogP contribution is 2.36. The monoisotopic (exact) mass is 484 g/mol. The van der Waals surface area contributed by atoms with Crippen LogP contribution in [-0.2, 0) is 20.7 Å². The molecule has 1 aromatic heterocycles. The molecule has 182 valence electrons. The number of benzene rings is 1. The minimum absolute atomic E-state index is 0.0301. The molecule has 2 atom stereocenters. The standard InChI is InChI=1S/C26H32N2O5S/c1-31-22-6-2-3-7-23(22)33-17-21-20-11-14-34-24(20)10-12-28(21)25(29)16-27(26(30)18-8-9-18)15-19-5-4-13-32-19/h2-3,6-7,11,14,18-19,21H,4-5,8-10,12-13,15-17H2,1H3. The minimum Gasteiger partial charge on any atom is -0.493 e. The third-order valence-electron chi connectivity index (χ3n) is 6.89. The highest BCUT2D eigenvalue weighted by molar-refractivity contribution is 7.10. The van der Waals surface area contributed by atoms with E-state index in [4.69, 9.17) is 14.2 Å². The molecule has 1 saturated carbocycles. The summed E-state index contributed by atoms with van der Waals surface area (Å²) in [4.78, 5) is 31.6. The lowest BCUT2D eigenvalue weighted by atomic mass is 10.0. The van der Waals surface area contributed by atoms with Gasteiger partial charge in [-0.05, 0) is 61.2 Å². The number of rotatable bonds is 9. The molecule has 0 radical (unpaired) electrons. The van der Waals surface area contributed by atoms with Crippen molar-refractivity contribution in [3.8, 4) is 11.5 Å². The van der Waals surface area contributed by atoms with E-state index in [-0.39, 0.29) is 36.4 Å². The smallest absolute Gasteiger partial charge is 0.242 e. The van der Waals surface area contributed by atoms with Crippen LogP contribution in [0.25, 0.3) is 0 Å². The first-order valence-corrected chi connectivity index (χ1v) is 13.0. The predicted octanol–water partition coefficient (Wildman–Crippen LogP) is 3.68. The van der Waals surface area contributed by atoms with Crippen molar-refractivity contribution in [1.29, 1.82) is 0 Å². The quantitative estimate of drug-likeness (QED) is 0.543. The molecule has 3 heterocycles. The van der Waals surface area contributed by atoms with Crippen LogP contribution < -0.4 is 9.47 Å². The average Bonchev–Trinajstić information content (AvgIpc) is 3.36. The van der Waals surface area contributed by atoms with Crippen molar-refractivity contribution >= 4 is 23.2 Å². The zero-order valence-corrected chi connectivity index (χ0v) is 20.4. The van der Waals surface area contributed by atoms with Crippen molar-refractivity contribution in [1.82, 2.24) is 9.80 Å². The predicted molar refractivity (Wildman–Crippen MR) is 129 cm³/mol. The van der Waals surface area contributed by atoms with E-state index in [1.165, 1.54) is 4.88 Å². The molecule has 3 aliphatic rings. The molecular formula is C26H32N2O5S. The number of para-hydroxylation sites is 2.